The quantitative estimate of drug-likeness (QED) is 0.181. The van der Waals surface area contributed by atoms with Gasteiger partial charge in [-0.15, -0.1) is 11.8 Å². The number of nitrogens with zero attached hydrogens (tertiary/aromatic N) is 1. The van der Waals surface area contributed by atoms with Crippen LogP contribution in [0.4, 0.5) is 4.79 Å². The van der Waals surface area contributed by atoms with Gasteiger partial charge in [0.25, 0.3) is 0 Å². The predicted molar refractivity (Wildman–Crippen MR) is 166 cm³/mol. The standard InChI is InChI=1S/C34H37N3O4S/c1-3-35-34(39)37-20-25-8-6-9-27(18-25)28-10-7-11-29(19-28)33-40-30(22-42-31-12-4-5-17-36-31)23(2)32(41-33)26-15-13-24(21-38)14-16-26/h4-19,23,30,32-33,38H,3,20-22H2,1-2H3,(H2,35,37,39)/t23-,30+,32+,33+/m0/s1. The molecule has 0 bridgehead atoms. The third kappa shape index (κ3) is 7.57. The molecule has 0 radical (unpaired) electrons. The van der Waals surface area contributed by atoms with Crippen LogP contribution in [0.15, 0.2) is 102 Å². The van der Waals surface area contributed by atoms with Crippen LogP contribution in [0.5, 0.6) is 0 Å². The first-order chi connectivity index (χ1) is 20.5. The number of urea groups is 1. The zero-order valence-electron chi connectivity index (χ0n) is 23.9. The van der Waals surface area contributed by atoms with E-state index in [9.17, 15) is 9.90 Å². The minimum Gasteiger partial charge on any atom is -0.392 e. The summed E-state index contributed by atoms with van der Waals surface area (Å²) in [6.45, 7) is 5.09. The fourth-order valence-electron chi connectivity index (χ4n) is 5.04. The number of pyridine rings is 1. The number of carbonyl (C=O) groups excluding carboxylic acids is 1. The Hall–Kier alpha value is -3.69. The molecule has 1 saturated heterocycles. The Balaban J connectivity index is 1.38. The van der Waals surface area contributed by atoms with Crippen molar-refractivity contribution >= 4 is 17.8 Å². The number of thioether (sulfide) groups is 1. The summed E-state index contributed by atoms with van der Waals surface area (Å²) in [6, 6.07) is 30.1. The van der Waals surface area contributed by atoms with E-state index in [1.165, 1.54) is 0 Å². The number of carbonyl (C=O) groups is 1. The number of amides is 2. The van der Waals surface area contributed by atoms with Crippen LogP contribution < -0.4 is 10.6 Å². The van der Waals surface area contributed by atoms with Crippen molar-refractivity contribution in [3.63, 3.8) is 0 Å². The molecule has 1 aromatic heterocycles. The fraction of sp³-hybridized carbons (Fsp3) is 0.294. The summed E-state index contributed by atoms with van der Waals surface area (Å²) >= 11 is 1.68. The lowest BCUT2D eigenvalue weighted by Crippen LogP contribution is -2.38. The number of aliphatic hydroxyl groups is 1. The van der Waals surface area contributed by atoms with E-state index in [1.54, 1.807) is 18.0 Å². The molecular formula is C34H37N3O4S. The Labute approximate surface area is 251 Å². The van der Waals surface area contributed by atoms with Gasteiger partial charge in [-0.05, 0) is 59.0 Å². The number of aromatic nitrogens is 1. The maximum atomic E-state index is 11.9. The topological polar surface area (TPSA) is 92.7 Å². The summed E-state index contributed by atoms with van der Waals surface area (Å²) < 4.78 is 13.3. The van der Waals surface area contributed by atoms with Gasteiger partial charge in [0.15, 0.2) is 6.29 Å². The van der Waals surface area contributed by atoms with Crippen LogP contribution in [0.1, 0.15) is 48.5 Å². The molecule has 8 heteroatoms. The molecule has 2 heterocycles. The number of benzene rings is 3. The van der Waals surface area contributed by atoms with Gasteiger partial charge in [0, 0.05) is 36.5 Å². The van der Waals surface area contributed by atoms with Gasteiger partial charge in [-0.25, -0.2) is 9.78 Å². The van der Waals surface area contributed by atoms with Gasteiger partial charge in [0.05, 0.1) is 23.8 Å². The van der Waals surface area contributed by atoms with Crippen molar-refractivity contribution in [2.75, 3.05) is 12.3 Å². The van der Waals surface area contributed by atoms with Gasteiger partial charge in [-0.3, -0.25) is 0 Å². The Morgan fingerprint density at radius 2 is 1.67 bits per heavy atom. The van der Waals surface area contributed by atoms with Crippen molar-refractivity contribution in [3.8, 4) is 11.1 Å². The molecular weight excluding hydrogens is 546 g/mol. The van der Waals surface area contributed by atoms with Crippen molar-refractivity contribution in [2.24, 2.45) is 5.92 Å². The first-order valence-electron chi connectivity index (χ1n) is 14.3. The molecule has 4 atom stereocenters. The minimum absolute atomic E-state index is 0.00637. The lowest BCUT2D eigenvalue weighted by Gasteiger charge is -2.41. The second-order valence-corrected chi connectivity index (χ2v) is 11.4. The van der Waals surface area contributed by atoms with Gasteiger partial charge in [0.2, 0.25) is 0 Å². The molecule has 1 aliphatic rings. The van der Waals surface area contributed by atoms with E-state index in [1.807, 2.05) is 73.7 Å². The third-order valence-corrected chi connectivity index (χ3v) is 8.40. The van der Waals surface area contributed by atoms with Crippen LogP contribution in [-0.4, -0.2) is 34.5 Å². The van der Waals surface area contributed by atoms with Crippen molar-refractivity contribution in [3.05, 3.63) is 119 Å². The average molecular weight is 584 g/mol. The van der Waals surface area contributed by atoms with Gasteiger partial charge in [0.1, 0.15) is 0 Å². The van der Waals surface area contributed by atoms with E-state index in [4.69, 9.17) is 9.47 Å². The SMILES string of the molecule is CCNC(=O)NCc1cccc(-c2cccc([C@@H]3O[C@H](CSc4ccccn4)[C@H](C)[C@H](c4ccc(CO)cc4)O3)c2)c1. The summed E-state index contributed by atoms with van der Waals surface area (Å²) in [6.07, 6.45) is 0.992. The normalized spacial score (nSPS) is 20.2. The van der Waals surface area contributed by atoms with Gasteiger partial charge in [-0.2, -0.15) is 0 Å². The van der Waals surface area contributed by atoms with E-state index in [-0.39, 0.29) is 30.8 Å². The molecule has 3 aromatic carbocycles. The molecule has 1 fully saturated rings. The molecule has 4 aromatic rings. The Morgan fingerprint density at radius 3 is 2.40 bits per heavy atom. The number of hydrogen-bond donors (Lipinski definition) is 3. The van der Waals surface area contributed by atoms with Crippen LogP contribution >= 0.6 is 11.8 Å². The van der Waals surface area contributed by atoms with Crippen LogP contribution in [0, 0.1) is 5.92 Å². The molecule has 1 aliphatic heterocycles. The lowest BCUT2D eigenvalue weighted by atomic mass is 9.91. The molecule has 42 heavy (non-hydrogen) atoms. The Morgan fingerprint density at radius 1 is 0.881 bits per heavy atom. The predicted octanol–water partition coefficient (Wildman–Crippen LogP) is 6.64. The fourth-order valence-corrected chi connectivity index (χ4v) is 6.07. The van der Waals surface area contributed by atoms with Crippen LogP contribution in [0.2, 0.25) is 0 Å². The molecule has 5 rings (SSSR count). The van der Waals surface area contributed by atoms with E-state index >= 15 is 0 Å². The highest BCUT2D eigenvalue weighted by molar-refractivity contribution is 7.99. The molecule has 2 amide bonds. The maximum absolute atomic E-state index is 11.9. The number of aliphatic hydroxyl groups excluding tert-OH is 1. The average Bonchev–Trinajstić information content (AvgIpc) is 3.04. The first-order valence-corrected chi connectivity index (χ1v) is 15.3. The zero-order chi connectivity index (χ0) is 29.3. The Kier molecular flexibility index (Phi) is 10.3. The summed E-state index contributed by atoms with van der Waals surface area (Å²) in [5.74, 6) is 0.832. The van der Waals surface area contributed by atoms with Crippen molar-refractivity contribution < 1.29 is 19.4 Å². The van der Waals surface area contributed by atoms with Crippen LogP contribution in [-0.2, 0) is 22.6 Å². The van der Waals surface area contributed by atoms with Crippen molar-refractivity contribution in [2.45, 2.75) is 50.5 Å². The summed E-state index contributed by atoms with van der Waals surface area (Å²) in [4.78, 5) is 16.3. The highest BCUT2D eigenvalue weighted by Gasteiger charge is 2.38. The second-order valence-electron chi connectivity index (χ2n) is 10.3. The smallest absolute Gasteiger partial charge is 0.315 e. The largest absolute Gasteiger partial charge is 0.392 e. The highest BCUT2D eigenvalue weighted by Crippen LogP contribution is 2.43. The molecule has 0 unspecified atom stereocenters. The van der Waals surface area contributed by atoms with Crippen LogP contribution in [0.25, 0.3) is 11.1 Å². The van der Waals surface area contributed by atoms with Crippen molar-refractivity contribution in [1.82, 2.24) is 15.6 Å². The monoisotopic (exact) mass is 583 g/mol. The number of nitrogens with one attached hydrogen (secondary N) is 2. The summed E-state index contributed by atoms with van der Waals surface area (Å²) in [5, 5.41) is 16.1. The number of hydrogen-bond acceptors (Lipinski definition) is 6. The first kappa shape index (κ1) is 29.8. The van der Waals surface area contributed by atoms with Gasteiger partial charge in [-0.1, -0.05) is 73.7 Å². The summed E-state index contributed by atoms with van der Waals surface area (Å²) in [7, 11) is 0. The number of ether oxygens (including phenoxy) is 2. The number of rotatable bonds is 10. The molecule has 0 aliphatic carbocycles. The molecule has 7 nitrogen and oxygen atoms in total. The third-order valence-electron chi connectivity index (χ3n) is 7.37. The highest BCUT2D eigenvalue weighted by atomic mass is 32.2. The van der Waals surface area contributed by atoms with Gasteiger partial charge < -0.3 is 25.2 Å². The molecule has 0 saturated carbocycles. The van der Waals surface area contributed by atoms with Gasteiger partial charge >= 0.3 is 6.03 Å². The van der Waals surface area contributed by atoms with E-state index in [0.29, 0.717) is 13.1 Å². The minimum atomic E-state index is -0.555. The molecule has 218 valence electrons. The van der Waals surface area contributed by atoms with Crippen LogP contribution in [0.3, 0.4) is 0 Å². The van der Waals surface area contributed by atoms with E-state index in [0.717, 1.165) is 44.2 Å². The van der Waals surface area contributed by atoms with E-state index < -0.39 is 6.29 Å². The Bertz CT molecular complexity index is 1450. The summed E-state index contributed by atoms with van der Waals surface area (Å²) in [5.41, 5.74) is 5.98. The zero-order valence-corrected chi connectivity index (χ0v) is 24.7. The molecule has 0 spiro atoms. The lowest BCUT2D eigenvalue weighted by molar-refractivity contribution is -0.268. The molecule has 3 N–H and O–H groups in total. The second kappa shape index (κ2) is 14.5. The van der Waals surface area contributed by atoms with E-state index in [2.05, 4.69) is 46.8 Å². The maximum Gasteiger partial charge on any atom is 0.315 e. The van der Waals surface area contributed by atoms with Crippen molar-refractivity contribution in [1.29, 1.82) is 0 Å².